The van der Waals surface area contributed by atoms with E-state index in [1.54, 1.807) is 6.26 Å². The van der Waals surface area contributed by atoms with E-state index in [2.05, 4.69) is 17.1 Å². The average molecular weight is 318 g/mol. The van der Waals surface area contributed by atoms with E-state index in [4.69, 9.17) is 4.42 Å². The number of hydrogen-bond donors (Lipinski definition) is 1. The van der Waals surface area contributed by atoms with Gasteiger partial charge in [-0.15, -0.1) is 0 Å². The zero-order chi connectivity index (χ0) is 16.1. The number of likely N-dealkylation sites (tertiary alicyclic amines) is 1. The highest BCUT2D eigenvalue weighted by atomic mass is 16.3. The predicted molar refractivity (Wildman–Crippen MR) is 90.8 cm³/mol. The fourth-order valence-corrected chi connectivity index (χ4v) is 4.00. The number of piperidine rings is 1. The van der Waals surface area contributed by atoms with Gasteiger partial charge in [-0.25, -0.2) is 0 Å². The number of carbonyl (C=O) groups is 1. The van der Waals surface area contributed by atoms with Crippen molar-refractivity contribution in [1.29, 1.82) is 0 Å². The fraction of sp³-hybridized carbons (Fsp3) is 0.737. The van der Waals surface area contributed by atoms with Gasteiger partial charge in [0, 0.05) is 19.0 Å². The molecule has 4 nitrogen and oxygen atoms in total. The number of hydrogen-bond acceptors (Lipinski definition) is 3. The van der Waals surface area contributed by atoms with Crippen molar-refractivity contribution in [2.24, 2.45) is 17.8 Å². The molecule has 128 valence electrons. The lowest BCUT2D eigenvalue weighted by Gasteiger charge is -2.33. The van der Waals surface area contributed by atoms with Crippen molar-refractivity contribution >= 4 is 5.91 Å². The maximum absolute atomic E-state index is 12.3. The fourth-order valence-electron chi connectivity index (χ4n) is 4.00. The van der Waals surface area contributed by atoms with Crippen LogP contribution in [-0.2, 0) is 11.3 Å². The molecule has 2 fully saturated rings. The van der Waals surface area contributed by atoms with Crippen molar-refractivity contribution in [2.45, 2.75) is 52.0 Å². The van der Waals surface area contributed by atoms with Crippen molar-refractivity contribution in [2.75, 3.05) is 19.6 Å². The first-order chi connectivity index (χ1) is 11.2. The molecule has 0 aromatic carbocycles. The number of furan rings is 1. The Kier molecular flexibility index (Phi) is 5.76. The monoisotopic (exact) mass is 318 g/mol. The van der Waals surface area contributed by atoms with Crippen LogP contribution in [0.3, 0.4) is 0 Å². The summed E-state index contributed by atoms with van der Waals surface area (Å²) in [5.74, 6) is 2.96. The summed E-state index contributed by atoms with van der Waals surface area (Å²) in [6.07, 6.45) is 8.72. The van der Waals surface area contributed by atoms with Gasteiger partial charge in [0.2, 0.25) is 5.91 Å². The lowest BCUT2D eigenvalue weighted by molar-refractivity contribution is -0.126. The average Bonchev–Trinajstić information content (AvgIpc) is 3.07. The highest BCUT2D eigenvalue weighted by molar-refractivity contribution is 5.78. The molecule has 4 heteroatoms. The van der Waals surface area contributed by atoms with Crippen LogP contribution in [0.25, 0.3) is 0 Å². The van der Waals surface area contributed by atoms with Gasteiger partial charge in [0.15, 0.2) is 0 Å². The number of nitrogens with zero attached hydrogens (tertiary/aromatic N) is 1. The van der Waals surface area contributed by atoms with Crippen molar-refractivity contribution in [1.82, 2.24) is 10.2 Å². The summed E-state index contributed by atoms with van der Waals surface area (Å²) in [5.41, 5.74) is 0. The second-order valence-corrected chi connectivity index (χ2v) is 7.52. The third-order valence-corrected chi connectivity index (χ3v) is 5.51. The largest absolute Gasteiger partial charge is 0.468 e. The van der Waals surface area contributed by atoms with E-state index in [0.717, 1.165) is 50.7 Å². The second-order valence-electron chi connectivity index (χ2n) is 7.52. The van der Waals surface area contributed by atoms with Gasteiger partial charge in [0.05, 0.1) is 12.8 Å². The Morgan fingerprint density at radius 3 is 2.87 bits per heavy atom. The first kappa shape index (κ1) is 16.6. The highest BCUT2D eigenvalue weighted by Gasteiger charge is 2.26. The minimum Gasteiger partial charge on any atom is -0.468 e. The van der Waals surface area contributed by atoms with E-state index in [1.165, 1.54) is 25.7 Å². The van der Waals surface area contributed by atoms with Gasteiger partial charge in [-0.3, -0.25) is 9.69 Å². The van der Waals surface area contributed by atoms with Crippen LogP contribution in [-0.4, -0.2) is 30.4 Å². The summed E-state index contributed by atoms with van der Waals surface area (Å²) in [6.45, 7) is 6.20. The summed E-state index contributed by atoms with van der Waals surface area (Å²) in [5, 5.41) is 3.23. The first-order valence-corrected chi connectivity index (χ1v) is 9.23. The van der Waals surface area contributed by atoms with Crippen LogP contribution in [0, 0.1) is 17.8 Å². The molecule has 1 amide bonds. The molecule has 1 aromatic heterocycles. The molecule has 3 rings (SSSR count). The molecular formula is C19H30N2O2. The Morgan fingerprint density at radius 1 is 1.30 bits per heavy atom. The number of amides is 1. The highest BCUT2D eigenvalue weighted by Crippen LogP contribution is 2.28. The molecule has 1 aliphatic carbocycles. The van der Waals surface area contributed by atoms with Gasteiger partial charge in [-0.1, -0.05) is 6.92 Å². The Bertz CT molecular complexity index is 478. The smallest absolute Gasteiger partial charge is 0.223 e. The van der Waals surface area contributed by atoms with Crippen LogP contribution in [0.15, 0.2) is 22.8 Å². The predicted octanol–water partition coefficient (Wildman–Crippen LogP) is 3.43. The quantitative estimate of drug-likeness (QED) is 0.904. The van der Waals surface area contributed by atoms with Crippen molar-refractivity contribution in [3.05, 3.63) is 24.2 Å². The summed E-state index contributed by atoms with van der Waals surface area (Å²) in [4.78, 5) is 14.8. The Hall–Kier alpha value is -1.29. The minimum atomic E-state index is 0.258. The maximum Gasteiger partial charge on any atom is 0.223 e. The standard InChI is InChI=1S/C19H30N2O2/c1-15-6-8-17(9-7-15)19(22)20-12-16-4-2-10-21(13-16)14-18-5-3-11-23-18/h3,5,11,15-17H,2,4,6-10,12-14H2,1H3,(H,20,22). The topological polar surface area (TPSA) is 45.5 Å². The summed E-state index contributed by atoms with van der Waals surface area (Å²) < 4.78 is 5.45. The van der Waals surface area contributed by atoms with E-state index in [1.807, 2.05) is 12.1 Å². The van der Waals surface area contributed by atoms with E-state index in [-0.39, 0.29) is 5.92 Å². The summed E-state index contributed by atoms with van der Waals surface area (Å²) in [7, 11) is 0. The van der Waals surface area contributed by atoms with Gasteiger partial charge < -0.3 is 9.73 Å². The van der Waals surface area contributed by atoms with Crippen molar-refractivity contribution < 1.29 is 9.21 Å². The Morgan fingerprint density at radius 2 is 2.13 bits per heavy atom. The van der Waals surface area contributed by atoms with Crippen LogP contribution in [0.4, 0.5) is 0 Å². The molecule has 0 bridgehead atoms. The third-order valence-electron chi connectivity index (χ3n) is 5.51. The SMILES string of the molecule is CC1CCC(C(=O)NCC2CCCN(Cc3ccco3)C2)CC1. The molecule has 1 aromatic rings. The Balaban J connectivity index is 1.40. The van der Waals surface area contributed by atoms with Crippen LogP contribution < -0.4 is 5.32 Å². The molecule has 1 aliphatic heterocycles. The second kappa shape index (κ2) is 8.00. The van der Waals surface area contributed by atoms with Crippen LogP contribution in [0.1, 0.15) is 51.2 Å². The van der Waals surface area contributed by atoms with E-state index < -0.39 is 0 Å². The molecular weight excluding hydrogens is 288 g/mol. The molecule has 2 heterocycles. The molecule has 2 aliphatic rings. The molecule has 1 saturated heterocycles. The maximum atomic E-state index is 12.3. The van der Waals surface area contributed by atoms with Crippen molar-refractivity contribution in [3.8, 4) is 0 Å². The summed E-state index contributed by atoms with van der Waals surface area (Å²) in [6, 6.07) is 3.98. The normalized spacial score (nSPS) is 29.3. The van der Waals surface area contributed by atoms with Gasteiger partial charge >= 0.3 is 0 Å². The first-order valence-electron chi connectivity index (χ1n) is 9.23. The van der Waals surface area contributed by atoms with Gasteiger partial charge in [0.25, 0.3) is 0 Å². The number of rotatable bonds is 5. The molecule has 23 heavy (non-hydrogen) atoms. The molecule has 1 unspecified atom stereocenters. The van der Waals surface area contributed by atoms with Gasteiger partial charge in [-0.2, -0.15) is 0 Å². The number of carbonyl (C=O) groups excluding carboxylic acids is 1. The van der Waals surface area contributed by atoms with E-state index in [9.17, 15) is 4.79 Å². The summed E-state index contributed by atoms with van der Waals surface area (Å²) >= 11 is 0. The molecule has 0 spiro atoms. The number of nitrogens with one attached hydrogen (secondary N) is 1. The zero-order valence-corrected chi connectivity index (χ0v) is 14.3. The van der Waals surface area contributed by atoms with Crippen LogP contribution in [0.2, 0.25) is 0 Å². The molecule has 0 radical (unpaired) electrons. The molecule has 1 N–H and O–H groups in total. The van der Waals surface area contributed by atoms with Crippen LogP contribution >= 0.6 is 0 Å². The Labute approximate surface area is 139 Å². The van der Waals surface area contributed by atoms with Gasteiger partial charge in [0.1, 0.15) is 5.76 Å². The minimum absolute atomic E-state index is 0.258. The lowest BCUT2D eigenvalue weighted by atomic mass is 9.82. The van der Waals surface area contributed by atoms with E-state index >= 15 is 0 Å². The van der Waals surface area contributed by atoms with Gasteiger partial charge in [-0.05, 0) is 69.0 Å². The lowest BCUT2D eigenvalue weighted by Crippen LogP contribution is -2.42. The van der Waals surface area contributed by atoms with E-state index in [0.29, 0.717) is 11.8 Å². The third kappa shape index (κ3) is 4.84. The van der Waals surface area contributed by atoms with Crippen molar-refractivity contribution in [3.63, 3.8) is 0 Å². The van der Waals surface area contributed by atoms with Crippen LogP contribution in [0.5, 0.6) is 0 Å². The molecule has 1 saturated carbocycles. The molecule has 1 atom stereocenters. The zero-order valence-electron chi connectivity index (χ0n) is 14.3.